The van der Waals surface area contributed by atoms with Crippen molar-refractivity contribution in [1.29, 1.82) is 0 Å². The van der Waals surface area contributed by atoms with Gasteiger partial charge in [0.2, 0.25) is 0 Å². The van der Waals surface area contributed by atoms with E-state index in [4.69, 9.17) is 9.47 Å². The Morgan fingerprint density at radius 1 is 1.33 bits per heavy atom. The van der Waals surface area contributed by atoms with Crippen LogP contribution in [0.2, 0.25) is 0 Å². The molecule has 1 saturated heterocycles. The molecule has 0 bridgehead atoms. The maximum atomic E-state index is 12.7. The van der Waals surface area contributed by atoms with E-state index >= 15 is 0 Å². The fourth-order valence-corrected chi connectivity index (χ4v) is 1.89. The van der Waals surface area contributed by atoms with Gasteiger partial charge in [-0.25, -0.2) is 4.39 Å². The van der Waals surface area contributed by atoms with Gasteiger partial charge in [-0.3, -0.25) is 0 Å². The lowest BCUT2D eigenvalue weighted by Crippen LogP contribution is -2.25. The molecule has 1 aromatic carbocycles. The molecule has 0 radical (unpaired) electrons. The minimum Gasteiger partial charge on any atom is -0.381 e. The van der Waals surface area contributed by atoms with Crippen LogP contribution < -0.4 is 0 Å². The molecule has 2 unspecified atom stereocenters. The first kappa shape index (κ1) is 10.6. The summed E-state index contributed by atoms with van der Waals surface area (Å²) in [5, 5.41) is 0. The van der Waals surface area contributed by atoms with Crippen LogP contribution in [-0.4, -0.2) is 19.8 Å². The third-order valence-corrected chi connectivity index (χ3v) is 2.81. The largest absolute Gasteiger partial charge is 0.381 e. The van der Waals surface area contributed by atoms with Gasteiger partial charge in [-0.05, 0) is 24.1 Å². The van der Waals surface area contributed by atoms with E-state index < -0.39 is 0 Å². The summed E-state index contributed by atoms with van der Waals surface area (Å²) in [5.41, 5.74) is 1.03. The highest BCUT2D eigenvalue weighted by molar-refractivity contribution is 5.19. The molecule has 0 aromatic heterocycles. The SMILES string of the molecule is COC1CCOC(c2ccc(F)cc2)C1. The van der Waals surface area contributed by atoms with Gasteiger partial charge in [0, 0.05) is 20.1 Å². The Morgan fingerprint density at radius 2 is 2.07 bits per heavy atom. The second-order valence-corrected chi connectivity index (χ2v) is 3.79. The smallest absolute Gasteiger partial charge is 0.123 e. The fourth-order valence-electron chi connectivity index (χ4n) is 1.89. The van der Waals surface area contributed by atoms with Crippen molar-refractivity contribution in [2.24, 2.45) is 0 Å². The lowest BCUT2D eigenvalue weighted by Gasteiger charge is -2.28. The molecule has 1 aliphatic rings. The van der Waals surface area contributed by atoms with Crippen LogP contribution in [0.15, 0.2) is 24.3 Å². The van der Waals surface area contributed by atoms with Crippen LogP contribution in [-0.2, 0) is 9.47 Å². The van der Waals surface area contributed by atoms with E-state index in [0.29, 0.717) is 6.61 Å². The van der Waals surface area contributed by atoms with Crippen molar-refractivity contribution in [2.75, 3.05) is 13.7 Å². The van der Waals surface area contributed by atoms with Gasteiger partial charge in [-0.2, -0.15) is 0 Å². The Balaban J connectivity index is 2.06. The Bertz CT molecular complexity index is 310. The van der Waals surface area contributed by atoms with Crippen molar-refractivity contribution in [3.8, 4) is 0 Å². The predicted octanol–water partition coefficient (Wildman–Crippen LogP) is 2.69. The second-order valence-electron chi connectivity index (χ2n) is 3.79. The molecule has 3 heteroatoms. The lowest BCUT2D eigenvalue weighted by molar-refractivity contribution is -0.0599. The number of ether oxygens (including phenoxy) is 2. The lowest BCUT2D eigenvalue weighted by atomic mass is 9.99. The molecule has 82 valence electrons. The molecular weight excluding hydrogens is 195 g/mol. The summed E-state index contributed by atoms with van der Waals surface area (Å²) in [7, 11) is 1.72. The summed E-state index contributed by atoms with van der Waals surface area (Å²) in [6, 6.07) is 6.49. The van der Waals surface area contributed by atoms with Gasteiger partial charge in [0.25, 0.3) is 0 Å². The quantitative estimate of drug-likeness (QED) is 0.747. The van der Waals surface area contributed by atoms with E-state index in [1.54, 1.807) is 19.2 Å². The number of halogens is 1. The Labute approximate surface area is 89.0 Å². The van der Waals surface area contributed by atoms with Gasteiger partial charge < -0.3 is 9.47 Å². The van der Waals surface area contributed by atoms with Gasteiger partial charge in [0.15, 0.2) is 0 Å². The molecule has 0 amide bonds. The first-order valence-corrected chi connectivity index (χ1v) is 5.19. The average Bonchev–Trinajstić information content (AvgIpc) is 2.30. The van der Waals surface area contributed by atoms with Crippen molar-refractivity contribution in [3.63, 3.8) is 0 Å². The Hall–Kier alpha value is -0.930. The topological polar surface area (TPSA) is 18.5 Å². The zero-order chi connectivity index (χ0) is 10.7. The normalized spacial score (nSPS) is 26.5. The van der Waals surface area contributed by atoms with Crippen LogP contribution in [0.1, 0.15) is 24.5 Å². The van der Waals surface area contributed by atoms with E-state index in [-0.39, 0.29) is 18.0 Å². The molecule has 0 saturated carbocycles. The number of rotatable bonds is 2. The molecule has 1 fully saturated rings. The number of methoxy groups -OCH3 is 1. The Kier molecular flexibility index (Phi) is 3.34. The van der Waals surface area contributed by atoms with E-state index in [2.05, 4.69) is 0 Å². The molecule has 2 nitrogen and oxygen atoms in total. The maximum absolute atomic E-state index is 12.7. The van der Waals surface area contributed by atoms with E-state index in [1.807, 2.05) is 0 Å². The summed E-state index contributed by atoms with van der Waals surface area (Å²) in [6.07, 6.45) is 2.09. The molecule has 0 spiro atoms. The number of benzene rings is 1. The molecule has 0 aliphatic carbocycles. The highest BCUT2D eigenvalue weighted by Gasteiger charge is 2.23. The van der Waals surface area contributed by atoms with Crippen LogP contribution in [0.4, 0.5) is 4.39 Å². The standard InChI is InChI=1S/C12H15FO2/c1-14-11-6-7-15-12(8-11)9-2-4-10(13)5-3-9/h2-5,11-12H,6-8H2,1H3. The van der Waals surface area contributed by atoms with Crippen LogP contribution in [0, 0.1) is 5.82 Å². The molecular formula is C12H15FO2. The summed E-state index contributed by atoms with van der Waals surface area (Å²) in [4.78, 5) is 0. The van der Waals surface area contributed by atoms with Gasteiger partial charge >= 0.3 is 0 Å². The third-order valence-electron chi connectivity index (χ3n) is 2.81. The van der Waals surface area contributed by atoms with Crippen molar-refractivity contribution in [2.45, 2.75) is 25.0 Å². The molecule has 1 aromatic rings. The molecule has 1 aliphatic heterocycles. The molecule has 0 N–H and O–H groups in total. The highest BCUT2D eigenvalue weighted by Crippen LogP contribution is 2.29. The predicted molar refractivity (Wildman–Crippen MR) is 55.1 cm³/mol. The average molecular weight is 210 g/mol. The zero-order valence-corrected chi connectivity index (χ0v) is 8.78. The first-order chi connectivity index (χ1) is 7.29. The first-order valence-electron chi connectivity index (χ1n) is 5.19. The van der Waals surface area contributed by atoms with Gasteiger partial charge in [-0.15, -0.1) is 0 Å². The number of hydrogen-bond donors (Lipinski definition) is 0. The zero-order valence-electron chi connectivity index (χ0n) is 8.78. The van der Waals surface area contributed by atoms with E-state index in [9.17, 15) is 4.39 Å². The second kappa shape index (κ2) is 4.73. The van der Waals surface area contributed by atoms with Gasteiger partial charge in [0.1, 0.15) is 5.82 Å². The summed E-state index contributed by atoms with van der Waals surface area (Å²) < 4.78 is 23.7. The van der Waals surface area contributed by atoms with Crippen LogP contribution in [0.25, 0.3) is 0 Å². The minimum absolute atomic E-state index is 0.0456. The van der Waals surface area contributed by atoms with Crippen LogP contribution in [0.3, 0.4) is 0 Å². The van der Waals surface area contributed by atoms with Crippen LogP contribution in [0.5, 0.6) is 0 Å². The van der Waals surface area contributed by atoms with Gasteiger partial charge in [0.05, 0.1) is 12.2 Å². The van der Waals surface area contributed by atoms with E-state index in [0.717, 1.165) is 18.4 Å². The molecule has 15 heavy (non-hydrogen) atoms. The summed E-state index contributed by atoms with van der Waals surface area (Å²) in [6.45, 7) is 0.709. The highest BCUT2D eigenvalue weighted by atomic mass is 19.1. The third kappa shape index (κ3) is 2.55. The van der Waals surface area contributed by atoms with Crippen molar-refractivity contribution >= 4 is 0 Å². The molecule has 2 atom stereocenters. The summed E-state index contributed by atoms with van der Waals surface area (Å²) >= 11 is 0. The van der Waals surface area contributed by atoms with Crippen molar-refractivity contribution in [1.82, 2.24) is 0 Å². The molecule has 2 rings (SSSR count). The Morgan fingerprint density at radius 3 is 2.73 bits per heavy atom. The van der Waals surface area contributed by atoms with E-state index in [1.165, 1.54) is 12.1 Å². The molecule has 1 heterocycles. The fraction of sp³-hybridized carbons (Fsp3) is 0.500. The number of hydrogen-bond acceptors (Lipinski definition) is 2. The van der Waals surface area contributed by atoms with Crippen molar-refractivity contribution in [3.05, 3.63) is 35.6 Å². The van der Waals surface area contributed by atoms with Crippen molar-refractivity contribution < 1.29 is 13.9 Å². The monoisotopic (exact) mass is 210 g/mol. The van der Waals surface area contributed by atoms with Gasteiger partial charge in [-0.1, -0.05) is 12.1 Å². The summed E-state index contributed by atoms with van der Waals surface area (Å²) in [5.74, 6) is -0.210. The maximum Gasteiger partial charge on any atom is 0.123 e. The van der Waals surface area contributed by atoms with Crippen LogP contribution >= 0.6 is 0 Å². The minimum atomic E-state index is -0.210.